The number of amides is 1. The first kappa shape index (κ1) is 26.1. The summed E-state index contributed by atoms with van der Waals surface area (Å²) in [7, 11) is 0. The van der Waals surface area contributed by atoms with Gasteiger partial charge in [-0.2, -0.15) is 9.97 Å². The Kier molecular flexibility index (Phi) is 7.06. The van der Waals surface area contributed by atoms with Crippen LogP contribution >= 0.6 is 11.6 Å². The first-order valence-corrected chi connectivity index (χ1v) is 13.2. The summed E-state index contributed by atoms with van der Waals surface area (Å²) < 4.78 is 26.7. The maximum Gasteiger partial charge on any atom is 0.410 e. The van der Waals surface area contributed by atoms with E-state index in [9.17, 15) is 9.90 Å². The third kappa shape index (κ3) is 5.13. The highest BCUT2D eigenvalue weighted by atomic mass is 35.5. The molecule has 1 amide bonds. The summed E-state index contributed by atoms with van der Waals surface area (Å²) in [5.74, 6) is -0.308. The van der Waals surface area contributed by atoms with Crippen molar-refractivity contribution >= 4 is 34.4 Å². The number of piperazine rings is 1. The van der Waals surface area contributed by atoms with Crippen LogP contribution in [0.1, 0.15) is 46.5 Å². The van der Waals surface area contributed by atoms with Gasteiger partial charge in [0.05, 0.1) is 23.6 Å². The molecule has 0 saturated carbocycles. The van der Waals surface area contributed by atoms with Gasteiger partial charge in [-0.1, -0.05) is 11.6 Å². The number of aliphatic hydroxyl groups excluding tert-OH is 1. The normalized spacial score (nSPS) is 21.9. The number of ether oxygens (including phenoxy) is 2. The van der Waals surface area contributed by atoms with Crippen molar-refractivity contribution in [1.29, 1.82) is 0 Å². The molecule has 10 nitrogen and oxygen atoms in total. The van der Waals surface area contributed by atoms with E-state index in [4.69, 9.17) is 21.1 Å². The zero-order chi connectivity index (χ0) is 26.4. The maximum atomic E-state index is 15.1. The minimum atomic E-state index is -0.736. The molecule has 5 heterocycles. The van der Waals surface area contributed by atoms with Crippen LogP contribution in [-0.4, -0.2) is 99.1 Å². The largest absolute Gasteiger partial charge is 0.461 e. The fourth-order valence-corrected chi connectivity index (χ4v) is 5.87. The number of halogens is 2. The molecule has 0 spiro atoms. The number of rotatable bonds is 5. The zero-order valence-electron chi connectivity index (χ0n) is 21.5. The zero-order valence-corrected chi connectivity index (χ0v) is 22.3. The van der Waals surface area contributed by atoms with Crippen LogP contribution in [0, 0.1) is 5.82 Å². The van der Waals surface area contributed by atoms with Gasteiger partial charge in [-0.25, -0.2) is 14.2 Å². The molecule has 1 N–H and O–H groups in total. The molecular formula is C25H34ClFN6O4. The second kappa shape index (κ2) is 9.99. The van der Waals surface area contributed by atoms with Gasteiger partial charge >= 0.3 is 12.1 Å². The third-order valence-corrected chi connectivity index (χ3v) is 7.77. The SMILES string of the molecule is CC(C)(C)OC(=O)N1CCN(c2nc(OCC34CCCN3CCC4)nc3c(F)c(Cl)ncc23)CC1CO. The van der Waals surface area contributed by atoms with Crippen molar-refractivity contribution < 1.29 is 23.8 Å². The fourth-order valence-electron chi connectivity index (χ4n) is 5.73. The highest BCUT2D eigenvalue weighted by molar-refractivity contribution is 6.30. The first-order chi connectivity index (χ1) is 17.6. The predicted octanol–water partition coefficient (Wildman–Crippen LogP) is 3.24. The molecule has 2 aromatic rings. The smallest absolute Gasteiger partial charge is 0.410 e. The Labute approximate surface area is 220 Å². The van der Waals surface area contributed by atoms with E-state index >= 15 is 4.39 Å². The van der Waals surface area contributed by atoms with Gasteiger partial charge in [0.25, 0.3) is 0 Å². The lowest BCUT2D eigenvalue weighted by Crippen LogP contribution is -2.57. The summed E-state index contributed by atoms with van der Waals surface area (Å²) in [6, 6.07) is -0.459. The van der Waals surface area contributed by atoms with Gasteiger partial charge in [0.15, 0.2) is 11.0 Å². The van der Waals surface area contributed by atoms with Crippen molar-refractivity contribution in [3.05, 3.63) is 17.2 Å². The lowest BCUT2D eigenvalue weighted by molar-refractivity contribution is 0.00699. The quantitative estimate of drug-likeness (QED) is 0.576. The van der Waals surface area contributed by atoms with Crippen LogP contribution in [0.25, 0.3) is 10.9 Å². The molecule has 0 radical (unpaired) electrons. The van der Waals surface area contributed by atoms with Crippen LogP contribution < -0.4 is 9.64 Å². The van der Waals surface area contributed by atoms with Gasteiger partial charge in [0.1, 0.15) is 23.5 Å². The predicted molar refractivity (Wildman–Crippen MR) is 137 cm³/mol. The van der Waals surface area contributed by atoms with Crippen LogP contribution in [0.15, 0.2) is 6.20 Å². The number of aromatic nitrogens is 3. The summed E-state index contributed by atoms with van der Waals surface area (Å²) >= 11 is 5.98. The average molecular weight is 537 g/mol. The van der Waals surface area contributed by atoms with E-state index in [0.29, 0.717) is 30.9 Å². The lowest BCUT2D eigenvalue weighted by atomic mass is 9.95. The molecule has 3 saturated heterocycles. The molecule has 5 rings (SSSR count). The molecule has 202 valence electrons. The average Bonchev–Trinajstić information content (AvgIpc) is 3.44. The number of carbonyl (C=O) groups is 1. The Morgan fingerprint density at radius 1 is 1.22 bits per heavy atom. The maximum absolute atomic E-state index is 15.1. The van der Waals surface area contributed by atoms with Gasteiger partial charge in [-0.15, -0.1) is 0 Å². The molecule has 3 fully saturated rings. The van der Waals surface area contributed by atoms with Crippen molar-refractivity contribution in [2.75, 3.05) is 50.8 Å². The number of nitrogens with zero attached hydrogens (tertiary/aromatic N) is 6. The molecule has 2 aromatic heterocycles. The van der Waals surface area contributed by atoms with Crippen molar-refractivity contribution in [3.63, 3.8) is 0 Å². The number of pyridine rings is 1. The Balaban J connectivity index is 1.43. The van der Waals surface area contributed by atoms with Crippen LogP contribution in [0.3, 0.4) is 0 Å². The molecular weight excluding hydrogens is 503 g/mol. The van der Waals surface area contributed by atoms with E-state index < -0.39 is 23.6 Å². The minimum absolute atomic E-state index is 0.0199. The number of carbonyl (C=O) groups excluding carboxylic acids is 1. The first-order valence-electron chi connectivity index (χ1n) is 12.9. The Bertz CT molecular complexity index is 1170. The van der Waals surface area contributed by atoms with E-state index in [1.54, 1.807) is 20.8 Å². The van der Waals surface area contributed by atoms with E-state index in [-0.39, 0.29) is 35.4 Å². The lowest BCUT2D eigenvalue weighted by Gasteiger charge is -2.41. The van der Waals surface area contributed by atoms with Gasteiger partial charge in [0.2, 0.25) is 0 Å². The van der Waals surface area contributed by atoms with E-state index in [1.807, 2.05) is 4.90 Å². The van der Waals surface area contributed by atoms with Gasteiger partial charge in [-0.05, 0) is 59.5 Å². The second-order valence-corrected chi connectivity index (χ2v) is 11.5. The second-order valence-electron chi connectivity index (χ2n) is 11.1. The highest BCUT2D eigenvalue weighted by Crippen LogP contribution is 2.39. The third-order valence-electron chi connectivity index (χ3n) is 7.50. The Morgan fingerprint density at radius 3 is 2.62 bits per heavy atom. The Hall–Kier alpha value is -2.50. The van der Waals surface area contributed by atoms with Crippen molar-refractivity contribution in [1.82, 2.24) is 24.8 Å². The summed E-state index contributed by atoms with van der Waals surface area (Å²) in [5.41, 5.74) is -0.643. The number of hydrogen-bond acceptors (Lipinski definition) is 9. The van der Waals surface area contributed by atoms with Crippen LogP contribution in [0.2, 0.25) is 5.15 Å². The molecule has 37 heavy (non-hydrogen) atoms. The Morgan fingerprint density at radius 2 is 1.95 bits per heavy atom. The monoisotopic (exact) mass is 536 g/mol. The van der Waals surface area contributed by atoms with E-state index in [1.165, 1.54) is 11.1 Å². The fraction of sp³-hybridized carbons (Fsp3) is 0.680. The van der Waals surface area contributed by atoms with Crippen molar-refractivity contribution in [2.24, 2.45) is 0 Å². The highest BCUT2D eigenvalue weighted by Gasteiger charge is 2.45. The summed E-state index contributed by atoms with van der Waals surface area (Å²) in [6.07, 6.45) is 5.34. The molecule has 3 aliphatic heterocycles. The molecule has 3 aliphatic rings. The summed E-state index contributed by atoms with van der Waals surface area (Å²) in [6.45, 7) is 8.64. The molecule has 0 bridgehead atoms. The van der Waals surface area contributed by atoms with Crippen LogP contribution in [-0.2, 0) is 4.74 Å². The number of fused-ring (bicyclic) bond motifs is 2. The van der Waals surface area contributed by atoms with Gasteiger partial charge in [0, 0.05) is 25.8 Å². The number of hydrogen-bond donors (Lipinski definition) is 1. The minimum Gasteiger partial charge on any atom is -0.461 e. The van der Waals surface area contributed by atoms with Crippen LogP contribution in [0.5, 0.6) is 6.01 Å². The van der Waals surface area contributed by atoms with Crippen molar-refractivity contribution in [3.8, 4) is 6.01 Å². The topological polar surface area (TPSA) is 104 Å². The molecule has 12 heteroatoms. The summed E-state index contributed by atoms with van der Waals surface area (Å²) in [5, 5.41) is 10.2. The van der Waals surface area contributed by atoms with E-state index in [2.05, 4.69) is 19.9 Å². The number of anilines is 1. The van der Waals surface area contributed by atoms with Gasteiger partial charge in [-0.3, -0.25) is 9.80 Å². The molecule has 1 atom stereocenters. The summed E-state index contributed by atoms with van der Waals surface area (Å²) in [4.78, 5) is 31.6. The molecule has 0 aliphatic carbocycles. The molecule has 1 unspecified atom stereocenters. The molecule has 0 aromatic carbocycles. The van der Waals surface area contributed by atoms with E-state index in [0.717, 1.165) is 38.8 Å². The standard InChI is InChI=1S/C25H34ClFN6O4/c1-24(2,3)37-23(35)33-11-10-31(13-16(33)14-34)21-17-12-28-20(26)18(27)19(17)29-22(30-21)36-15-25-6-4-8-32(25)9-5-7-25/h12,16,34H,4-11,13-15H2,1-3H3. The van der Waals surface area contributed by atoms with Gasteiger partial charge < -0.3 is 19.5 Å². The van der Waals surface area contributed by atoms with Crippen molar-refractivity contribution in [2.45, 2.75) is 63.6 Å². The number of aliphatic hydroxyl groups is 1. The van der Waals surface area contributed by atoms with Crippen LogP contribution in [0.4, 0.5) is 15.0 Å².